The van der Waals surface area contributed by atoms with Gasteiger partial charge in [-0.25, -0.2) is 4.68 Å². The molecular weight excluding hydrogens is 174 g/mol. The molecule has 1 aliphatic rings. The quantitative estimate of drug-likeness (QED) is 0.781. The zero-order valence-corrected chi connectivity index (χ0v) is 9.25. The Bertz CT molecular complexity index is 301. The fraction of sp³-hybridized carbons (Fsp3) is 0.727. The second kappa shape index (κ2) is 3.64. The molecule has 2 heterocycles. The van der Waals surface area contributed by atoms with Crippen LogP contribution in [-0.4, -0.2) is 15.8 Å². The molecule has 0 radical (unpaired) electrons. The lowest BCUT2D eigenvalue weighted by atomic mass is 9.94. The monoisotopic (exact) mass is 193 g/mol. The molecule has 1 N–H and O–H groups in total. The molecule has 78 valence electrons. The maximum atomic E-state index is 4.36. The molecule has 3 nitrogen and oxygen atoms in total. The SMILES string of the molecule is CCn1ncc2c1NC(C(C)C)CC2. The number of fused-ring (bicyclic) bond motifs is 1. The Kier molecular flexibility index (Phi) is 2.48. The van der Waals surface area contributed by atoms with Gasteiger partial charge in [-0.05, 0) is 25.7 Å². The van der Waals surface area contributed by atoms with Crippen LogP contribution in [0.1, 0.15) is 32.8 Å². The molecule has 0 aromatic carbocycles. The molecule has 0 saturated heterocycles. The molecular formula is C11H19N3. The molecule has 0 spiro atoms. The van der Waals surface area contributed by atoms with Crippen molar-refractivity contribution >= 4 is 5.82 Å². The highest BCUT2D eigenvalue weighted by atomic mass is 15.3. The van der Waals surface area contributed by atoms with E-state index in [1.165, 1.54) is 24.2 Å². The van der Waals surface area contributed by atoms with Gasteiger partial charge in [-0.3, -0.25) is 0 Å². The Morgan fingerprint density at radius 1 is 1.64 bits per heavy atom. The number of aromatic nitrogens is 2. The minimum absolute atomic E-state index is 0.615. The van der Waals surface area contributed by atoms with E-state index in [1.807, 2.05) is 6.20 Å². The van der Waals surface area contributed by atoms with Gasteiger partial charge in [-0.2, -0.15) is 5.10 Å². The lowest BCUT2D eigenvalue weighted by Crippen LogP contribution is -2.31. The zero-order chi connectivity index (χ0) is 10.1. The van der Waals surface area contributed by atoms with Crippen molar-refractivity contribution in [2.75, 3.05) is 5.32 Å². The highest BCUT2D eigenvalue weighted by Crippen LogP contribution is 2.27. The fourth-order valence-electron chi connectivity index (χ4n) is 2.07. The molecule has 1 atom stereocenters. The summed E-state index contributed by atoms with van der Waals surface area (Å²) in [5, 5.41) is 7.96. The summed E-state index contributed by atoms with van der Waals surface area (Å²) in [7, 11) is 0. The van der Waals surface area contributed by atoms with Crippen LogP contribution in [-0.2, 0) is 13.0 Å². The Hall–Kier alpha value is -0.990. The molecule has 1 aromatic heterocycles. The van der Waals surface area contributed by atoms with E-state index in [0.29, 0.717) is 12.0 Å². The van der Waals surface area contributed by atoms with Crippen LogP contribution >= 0.6 is 0 Å². The van der Waals surface area contributed by atoms with Gasteiger partial charge in [-0.15, -0.1) is 0 Å². The number of rotatable bonds is 2. The lowest BCUT2D eigenvalue weighted by molar-refractivity contribution is 0.476. The van der Waals surface area contributed by atoms with Crippen LogP contribution in [0.15, 0.2) is 6.20 Å². The topological polar surface area (TPSA) is 29.9 Å². The molecule has 0 saturated carbocycles. The van der Waals surface area contributed by atoms with Gasteiger partial charge in [-0.1, -0.05) is 13.8 Å². The highest BCUT2D eigenvalue weighted by molar-refractivity contribution is 5.47. The van der Waals surface area contributed by atoms with Gasteiger partial charge < -0.3 is 5.32 Å². The van der Waals surface area contributed by atoms with E-state index in [-0.39, 0.29) is 0 Å². The van der Waals surface area contributed by atoms with Crippen molar-refractivity contribution in [3.63, 3.8) is 0 Å². The van der Waals surface area contributed by atoms with Gasteiger partial charge >= 0.3 is 0 Å². The van der Waals surface area contributed by atoms with E-state index in [2.05, 4.69) is 35.9 Å². The largest absolute Gasteiger partial charge is 0.367 e. The summed E-state index contributed by atoms with van der Waals surface area (Å²) in [6, 6.07) is 0.615. The average Bonchev–Trinajstić information content (AvgIpc) is 2.59. The van der Waals surface area contributed by atoms with E-state index in [1.54, 1.807) is 0 Å². The van der Waals surface area contributed by atoms with Crippen molar-refractivity contribution in [2.24, 2.45) is 5.92 Å². The van der Waals surface area contributed by atoms with Crippen LogP contribution in [0.5, 0.6) is 0 Å². The van der Waals surface area contributed by atoms with Gasteiger partial charge in [0.1, 0.15) is 5.82 Å². The molecule has 1 aromatic rings. The molecule has 2 rings (SSSR count). The van der Waals surface area contributed by atoms with E-state index in [0.717, 1.165) is 6.54 Å². The summed E-state index contributed by atoms with van der Waals surface area (Å²) >= 11 is 0. The summed E-state index contributed by atoms with van der Waals surface area (Å²) in [5.41, 5.74) is 1.38. The van der Waals surface area contributed by atoms with Crippen LogP contribution < -0.4 is 5.32 Å². The number of nitrogens with zero attached hydrogens (tertiary/aromatic N) is 2. The molecule has 0 amide bonds. The molecule has 0 bridgehead atoms. The first-order valence-electron chi connectivity index (χ1n) is 5.53. The minimum atomic E-state index is 0.615. The average molecular weight is 193 g/mol. The highest BCUT2D eigenvalue weighted by Gasteiger charge is 2.22. The lowest BCUT2D eigenvalue weighted by Gasteiger charge is -2.28. The van der Waals surface area contributed by atoms with Crippen LogP contribution in [0.2, 0.25) is 0 Å². The number of anilines is 1. The van der Waals surface area contributed by atoms with Gasteiger partial charge in [0.25, 0.3) is 0 Å². The number of hydrogen-bond donors (Lipinski definition) is 1. The first kappa shape index (κ1) is 9.56. The smallest absolute Gasteiger partial charge is 0.127 e. The van der Waals surface area contributed by atoms with Crippen molar-refractivity contribution in [2.45, 2.75) is 46.2 Å². The Morgan fingerprint density at radius 3 is 3.07 bits per heavy atom. The second-order valence-electron chi connectivity index (χ2n) is 4.37. The van der Waals surface area contributed by atoms with Crippen LogP contribution in [0.25, 0.3) is 0 Å². The molecule has 3 heteroatoms. The number of nitrogens with one attached hydrogen (secondary N) is 1. The van der Waals surface area contributed by atoms with E-state index in [9.17, 15) is 0 Å². The first-order valence-corrected chi connectivity index (χ1v) is 5.53. The van der Waals surface area contributed by atoms with Crippen molar-refractivity contribution in [3.05, 3.63) is 11.8 Å². The van der Waals surface area contributed by atoms with Gasteiger partial charge in [0, 0.05) is 18.2 Å². The third-order valence-corrected chi connectivity index (χ3v) is 3.07. The van der Waals surface area contributed by atoms with E-state index >= 15 is 0 Å². The van der Waals surface area contributed by atoms with Crippen LogP contribution in [0.3, 0.4) is 0 Å². The third kappa shape index (κ3) is 1.51. The fourth-order valence-corrected chi connectivity index (χ4v) is 2.07. The predicted octanol–water partition coefficient (Wildman–Crippen LogP) is 2.29. The zero-order valence-electron chi connectivity index (χ0n) is 9.25. The normalized spacial score (nSPS) is 20.7. The standard InChI is InChI=1S/C11H19N3/c1-4-14-11-9(7-12-14)5-6-10(13-11)8(2)3/h7-8,10,13H,4-6H2,1-3H3. The maximum absolute atomic E-state index is 4.36. The number of aryl methyl sites for hydroxylation is 2. The molecule has 1 unspecified atom stereocenters. The van der Waals surface area contributed by atoms with Gasteiger partial charge in [0.15, 0.2) is 0 Å². The maximum Gasteiger partial charge on any atom is 0.127 e. The summed E-state index contributed by atoms with van der Waals surface area (Å²) < 4.78 is 2.06. The van der Waals surface area contributed by atoms with E-state index in [4.69, 9.17) is 0 Å². The van der Waals surface area contributed by atoms with E-state index < -0.39 is 0 Å². The molecule has 1 aliphatic heterocycles. The summed E-state index contributed by atoms with van der Waals surface area (Å²) in [6.45, 7) is 7.63. The first-order chi connectivity index (χ1) is 6.72. The molecule has 0 fully saturated rings. The Morgan fingerprint density at radius 2 is 2.43 bits per heavy atom. The van der Waals surface area contributed by atoms with Gasteiger partial charge in [0.05, 0.1) is 6.20 Å². The molecule has 0 aliphatic carbocycles. The van der Waals surface area contributed by atoms with Crippen molar-refractivity contribution < 1.29 is 0 Å². The predicted molar refractivity (Wildman–Crippen MR) is 58.5 cm³/mol. The Balaban J connectivity index is 2.23. The summed E-state index contributed by atoms with van der Waals surface area (Å²) in [5.74, 6) is 1.95. The summed E-state index contributed by atoms with van der Waals surface area (Å²) in [6.07, 6.45) is 4.41. The van der Waals surface area contributed by atoms with Crippen LogP contribution in [0.4, 0.5) is 5.82 Å². The third-order valence-electron chi connectivity index (χ3n) is 3.07. The van der Waals surface area contributed by atoms with Crippen LogP contribution in [0, 0.1) is 5.92 Å². The van der Waals surface area contributed by atoms with Crippen molar-refractivity contribution in [1.29, 1.82) is 0 Å². The second-order valence-corrected chi connectivity index (χ2v) is 4.37. The Labute approximate surface area is 85.5 Å². The van der Waals surface area contributed by atoms with Crippen molar-refractivity contribution in [1.82, 2.24) is 9.78 Å². The number of hydrogen-bond acceptors (Lipinski definition) is 2. The van der Waals surface area contributed by atoms with Gasteiger partial charge in [0.2, 0.25) is 0 Å². The molecule has 14 heavy (non-hydrogen) atoms. The summed E-state index contributed by atoms with van der Waals surface area (Å²) in [4.78, 5) is 0. The van der Waals surface area contributed by atoms with Crippen molar-refractivity contribution in [3.8, 4) is 0 Å². The minimum Gasteiger partial charge on any atom is -0.367 e.